The fourth-order valence-electron chi connectivity index (χ4n) is 7.36. The van der Waals surface area contributed by atoms with Gasteiger partial charge in [0.05, 0.1) is 18.4 Å². The molecule has 1 fully saturated rings. The number of ether oxygens (including phenoxy) is 2. The van der Waals surface area contributed by atoms with Crippen molar-refractivity contribution >= 4 is 28.1 Å². The van der Waals surface area contributed by atoms with Gasteiger partial charge in [0, 0.05) is 28.5 Å². The quantitative estimate of drug-likeness (QED) is 0.254. The van der Waals surface area contributed by atoms with Gasteiger partial charge in [-0.05, 0) is 54.2 Å². The van der Waals surface area contributed by atoms with Gasteiger partial charge in [-0.3, -0.25) is 9.59 Å². The van der Waals surface area contributed by atoms with E-state index in [2.05, 4.69) is 78.3 Å². The first-order valence-electron chi connectivity index (χ1n) is 14.5. The van der Waals surface area contributed by atoms with Crippen molar-refractivity contribution in [2.24, 2.45) is 29.6 Å². The van der Waals surface area contributed by atoms with Gasteiger partial charge in [0.25, 0.3) is 0 Å². The van der Waals surface area contributed by atoms with Crippen LogP contribution in [-0.2, 0) is 19.1 Å². The van der Waals surface area contributed by atoms with Gasteiger partial charge in [0.2, 0.25) is 0 Å². The predicted molar refractivity (Wildman–Crippen MR) is 156 cm³/mol. The third kappa shape index (κ3) is 7.92. The molecule has 0 saturated carbocycles. The Kier molecular flexibility index (Phi) is 9.77. The Bertz CT molecular complexity index is 869. The number of allylic oxidation sites excluding steroid dienone is 3. The fourth-order valence-corrected chi connectivity index (χ4v) is 19.9. The highest BCUT2D eigenvalue weighted by Gasteiger charge is 2.44. The maximum Gasteiger partial charge on any atom is 0.308 e. The highest BCUT2D eigenvalue weighted by molar-refractivity contribution is 6.96. The van der Waals surface area contributed by atoms with Gasteiger partial charge in [-0.1, -0.05) is 78.3 Å². The number of carbonyl (C=O) groups is 2. The number of cyclic esters (lactones) is 1. The molecule has 210 valence electrons. The van der Waals surface area contributed by atoms with Gasteiger partial charge in [-0.2, -0.15) is 0 Å². The zero-order valence-electron chi connectivity index (χ0n) is 24.8. The zero-order chi connectivity index (χ0) is 27.7. The van der Waals surface area contributed by atoms with E-state index in [0.717, 1.165) is 25.7 Å². The van der Waals surface area contributed by atoms with Gasteiger partial charge >= 0.3 is 11.9 Å². The molecule has 0 unspecified atom stereocenters. The van der Waals surface area contributed by atoms with Crippen molar-refractivity contribution in [1.82, 2.24) is 0 Å². The first kappa shape index (κ1) is 30.4. The van der Waals surface area contributed by atoms with Crippen LogP contribution in [0.3, 0.4) is 0 Å². The minimum atomic E-state index is -1.40. The summed E-state index contributed by atoms with van der Waals surface area (Å²) < 4.78 is 12.0. The van der Waals surface area contributed by atoms with E-state index in [9.17, 15) is 14.7 Å². The Hall–Kier alpha value is -1.19. The molecule has 1 aliphatic heterocycles. The van der Waals surface area contributed by atoms with E-state index in [-0.39, 0.29) is 42.4 Å². The summed E-state index contributed by atoms with van der Waals surface area (Å²) in [6.07, 6.45) is 9.92. The third-order valence-electron chi connectivity index (χ3n) is 9.00. The summed E-state index contributed by atoms with van der Waals surface area (Å²) in [5.41, 5.74) is 1.29. The number of carbonyl (C=O) groups excluding carboxylic acids is 2. The molecule has 0 aromatic carbocycles. The highest BCUT2D eigenvalue weighted by Crippen LogP contribution is 2.46. The number of rotatable bonds is 9. The van der Waals surface area contributed by atoms with Crippen molar-refractivity contribution in [3.63, 3.8) is 0 Å². The molecule has 1 saturated heterocycles. The normalized spacial score (nSPS) is 33.4. The van der Waals surface area contributed by atoms with Crippen molar-refractivity contribution in [1.29, 1.82) is 0 Å². The molecule has 0 aromatic heterocycles. The molecule has 5 nitrogen and oxygen atoms in total. The van der Waals surface area contributed by atoms with E-state index in [1.807, 2.05) is 0 Å². The molecule has 8 atom stereocenters. The Morgan fingerprint density at radius 3 is 2.35 bits per heavy atom. The van der Waals surface area contributed by atoms with Crippen LogP contribution in [0.5, 0.6) is 0 Å². The summed E-state index contributed by atoms with van der Waals surface area (Å²) in [5.74, 6) is 0.762. The Morgan fingerprint density at radius 2 is 1.76 bits per heavy atom. The number of fused-ring (bicyclic) bond motifs is 1. The van der Waals surface area contributed by atoms with E-state index in [4.69, 9.17) is 9.47 Å². The van der Waals surface area contributed by atoms with Gasteiger partial charge < -0.3 is 14.6 Å². The molecule has 3 rings (SSSR count). The number of hydrogen-bond acceptors (Lipinski definition) is 5. The van der Waals surface area contributed by atoms with Gasteiger partial charge in [-0.25, -0.2) is 0 Å². The number of aliphatic hydroxyl groups is 1. The van der Waals surface area contributed by atoms with Gasteiger partial charge in [-0.15, -0.1) is 0 Å². The maximum absolute atomic E-state index is 13.5. The molecule has 0 spiro atoms. The minimum absolute atomic E-state index is 0.0368. The Morgan fingerprint density at radius 1 is 1.11 bits per heavy atom. The van der Waals surface area contributed by atoms with Crippen molar-refractivity contribution in [2.45, 2.75) is 122 Å². The standard InChI is InChI=1S/C30H52O5Si2/c1-19-14-22-11-10-20(2)25(13-12-24-17-23(31)18-27(32)34-24)29(22)26(15-19)35-30(33)21(3)16-28(36(4,5)6)37(7,8)9/h10-11,14,19-21,23-26,28-29,31H,12-13,15-18H2,1-9H3/t19-,20-,21-,23+,24-,25-,26-,29-/m0/s1. The molecule has 0 amide bonds. The Balaban J connectivity index is 1.74. The minimum Gasteiger partial charge on any atom is -0.462 e. The van der Waals surface area contributed by atoms with Crippen molar-refractivity contribution < 1.29 is 24.2 Å². The summed E-state index contributed by atoms with van der Waals surface area (Å²) in [6.45, 7) is 21.2. The van der Waals surface area contributed by atoms with Crippen LogP contribution in [0.2, 0.25) is 44.4 Å². The third-order valence-corrected chi connectivity index (χ3v) is 18.9. The monoisotopic (exact) mass is 548 g/mol. The summed E-state index contributed by atoms with van der Waals surface area (Å²) in [5, 5.41) is 10.7. The molecule has 1 heterocycles. The second-order valence-corrected chi connectivity index (χ2v) is 25.9. The summed E-state index contributed by atoms with van der Waals surface area (Å²) in [6, 6.07) is 0. The van der Waals surface area contributed by atoms with Crippen molar-refractivity contribution in [3.05, 3.63) is 23.8 Å². The summed E-state index contributed by atoms with van der Waals surface area (Å²) in [7, 11) is -2.79. The maximum atomic E-state index is 13.5. The first-order chi connectivity index (χ1) is 17.1. The van der Waals surface area contributed by atoms with E-state index in [1.54, 1.807) is 0 Å². The summed E-state index contributed by atoms with van der Waals surface area (Å²) in [4.78, 5) is 25.4. The molecular weight excluding hydrogens is 496 g/mol. The van der Waals surface area contributed by atoms with Crippen LogP contribution in [0.25, 0.3) is 0 Å². The van der Waals surface area contributed by atoms with Crippen LogP contribution in [-0.4, -0.2) is 51.5 Å². The molecule has 3 aliphatic rings. The molecule has 0 aromatic rings. The van der Waals surface area contributed by atoms with Crippen molar-refractivity contribution in [2.75, 3.05) is 0 Å². The molecule has 7 heteroatoms. The molecular formula is C30H52O5Si2. The van der Waals surface area contributed by atoms with Crippen LogP contribution >= 0.6 is 0 Å². The number of aliphatic hydroxyl groups excluding tert-OH is 1. The second-order valence-electron chi connectivity index (χ2n) is 14.5. The van der Waals surface area contributed by atoms with E-state index in [0.29, 0.717) is 29.3 Å². The van der Waals surface area contributed by atoms with E-state index >= 15 is 0 Å². The first-order valence-corrected chi connectivity index (χ1v) is 21.7. The van der Waals surface area contributed by atoms with Crippen molar-refractivity contribution in [3.8, 4) is 0 Å². The smallest absolute Gasteiger partial charge is 0.308 e. The molecule has 37 heavy (non-hydrogen) atoms. The topological polar surface area (TPSA) is 72.8 Å². The number of hydrogen-bond donors (Lipinski definition) is 1. The fraction of sp³-hybridized carbons (Fsp3) is 0.800. The molecule has 0 radical (unpaired) electrons. The highest BCUT2D eigenvalue weighted by atomic mass is 28.4. The SMILES string of the molecule is C[C@H]1C=C2C=C[C@H](C)[C@H](CC[C@H]3C[C@@H](O)CC(=O)O3)[C@H]2[C@@H](OC(=O)[C@@H](C)CC([Si](C)(C)C)[Si](C)(C)C)C1. The molecule has 1 N–H and O–H groups in total. The van der Waals surface area contributed by atoms with Gasteiger partial charge in [0.15, 0.2) is 0 Å². The van der Waals surface area contributed by atoms with Crippen LogP contribution in [0.4, 0.5) is 0 Å². The van der Waals surface area contributed by atoms with Gasteiger partial charge in [0.1, 0.15) is 12.2 Å². The average Bonchev–Trinajstić information content (AvgIpc) is 2.74. The lowest BCUT2D eigenvalue weighted by molar-refractivity contribution is -0.162. The van der Waals surface area contributed by atoms with Crippen LogP contribution in [0.15, 0.2) is 23.8 Å². The van der Waals surface area contributed by atoms with E-state index < -0.39 is 22.3 Å². The second kappa shape index (κ2) is 11.9. The zero-order valence-corrected chi connectivity index (χ0v) is 26.8. The number of esters is 2. The van der Waals surface area contributed by atoms with Crippen LogP contribution < -0.4 is 0 Å². The van der Waals surface area contributed by atoms with Crippen LogP contribution in [0.1, 0.15) is 59.3 Å². The Labute approximate surface area is 227 Å². The average molecular weight is 549 g/mol. The lowest BCUT2D eigenvalue weighted by Gasteiger charge is -2.44. The predicted octanol–water partition coefficient (Wildman–Crippen LogP) is 6.76. The lowest BCUT2D eigenvalue weighted by Crippen LogP contribution is -2.46. The lowest BCUT2D eigenvalue weighted by atomic mass is 9.65. The van der Waals surface area contributed by atoms with E-state index in [1.165, 1.54) is 5.57 Å². The molecule has 2 aliphatic carbocycles. The largest absolute Gasteiger partial charge is 0.462 e. The van der Waals surface area contributed by atoms with Crippen LogP contribution in [0, 0.1) is 29.6 Å². The summed E-state index contributed by atoms with van der Waals surface area (Å²) >= 11 is 0. The molecule has 0 bridgehead atoms.